The van der Waals surface area contributed by atoms with Gasteiger partial charge in [0.15, 0.2) is 5.82 Å². The first-order valence-electron chi connectivity index (χ1n) is 7.49. The van der Waals surface area contributed by atoms with Gasteiger partial charge in [-0.05, 0) is 44.0 Å². The lowest BCUT2D eigenvalue weighted by Gasteiger charge is -2.20. The normalized spacial score (nSPS) is 14.0. The zero-order valence-corrected chi connectivity index (χ0v) is 13.6. The first-order chi connectivity index (χ1) is 11.1. The molecule has 0 unspecified atom stereocenters. The summed E-state index contributed by atoms with van der Waals surface area (Å²) in [6.45, 7) is 2.39. The fraction of sp³-hybridized carbons (Fsp3) is 0.400. The summed E-state index contributed by atoms with van der Waals surface area (Å²) in [5.41, 5.74) is 0.674. The van der Waals surface area contributed by atoms with E-state index in [1.54, 1.807) is 17.0 Å². The van der Waals surface area contributed by atoms with Crippen LogP contribution in [0.5, 0.6) is 0 Å². The molecule has 1 aromatic carbocycles. The van der Waals surface area contributed by atoms with Gasteiger partial charge in [-0.3, -0.25) is 4.79 Å². The minimum absolute atomic E-state index is 0.0833. The molecule has 1 heterocycles. The number of carbonyl (C=O) groups excluding carboxylic acids is 1. The zero-order chi connectivity index (χ0) is 16.4. The molecule has 1 aliphatic rings. The van der Waals surface area contributed by atoms with Crippen LogP contribution in [-0.2, 0) is 4.79 Å². The lowest BCUT2D eigenvalue weighted by atomic mass is 10.3. The molecule has 3 rings (SSSR count). The predicted octanol–water partition coefficient (Wildman–Crippen LogP) is 2.15. The summed E-state index contributed by atoms with van der Waals surface area (Å²) in [5, 5.41) is 8.68. The maximum atomic E-state index is 13.0. The van der Waals surface area contributed by atoms with E-state index in [-0.39, 0.29) is 17.5 Å². The van der Waals surface area contributed by atoms with Crippen LogP contribution in [0, 0.1) is 5.82 Å². The Kier molecular flexibility index (Phi) is 4.51. The third-order valence-corrected chi connectivity index (χ3v) is 4.64. The van der Waals surface area contributed by atoms with Crippen molar-refractivity contribution in [2.75, 3.05) is 23.0 Å². The molecule has 1 amide bonds. The van der Waals surface area contributed by atoms with Crippen LogP contribution in [0.1, 0.15) is 31.5 Å². The molecule has 1 saturated carbocycles. The Hall–Kier alpha value is -2.09. The molecule has 1 aromatic heterocycles. The van der Waals surface area contributed by atoms with Gasteiger partial charge in [-0.15, -0.1) is 10.2 Å². The standard InChI is InChI=1S/C15H18FN5OS/c1-2-20(12-7-5-11(16)6-8-12)13(22)9-23-15-19-18-14(21(15)17)10-3-4-10/h5-8,10H,2-4,9,17H2,1H3. The minimum atomic E-state index is -0.324. The summed E-state index contributed by atoms with van der Waals surface area (Å²) in [4.78, 5) is 14.0. The molecular weight excluding hydrogens is 317 g/mol. The lowest BCUT2D eigenvalue weighted by molar-refractivity contribution is -0.116. The second-order valence-electron chi connectivity index (χ2n) is 5.39. The highest BCUT2D eigenvalue weighted by Gasteiger charge is 2.30. The van der Waals surface area contributed by atoms with Crippen molar-refractivity contribution in [1.29, 1.82) is 0 Å². The molecule has 8 heteroatoms. The number of rotatable bonds is 6. The van der Waals surface area contributed by atoms with Crippen molar-refractivity contribution in [1.82, 2.24) is 14.9 Å². The van der Waals surface area contributed by atoms with Crippen molar-refractivity contribution < 1.29 is 9.18 Å². The van der Waals surface area contributed by atoms with Gasteiger partial charge in [-0.1, -0.05) is 11.8 Å². The molecule has 0 aliphatic heterocycles. The monoisotopic (exact) mass is 335 g/mol. The van der Waals surface area contributed by atoms with Gasteiger partial charge in [-0.2, -0.15) is 0 Å². The van der Waals surface area contributed by atoms with E-state index in [4.69, 9.17) is 5.84 Å². The second-order valence-corrected chi connectivity index (χ2v) is 6.33. The SMILES string of the molecule is CCN(C(=O)CSc1nnc(C2CC2)n1N)c1ccc(F)cc1. The topological polar surface area (TPSA) is 77.0 Å². The number of nitrogen functional groups attached to an aromatic ring is 1. The highest BCUT2D eigenvalue weighted by molar-refractivity contribution is 7.99. The predicted molar refractivity (Wildman–Crippen MR) is 87.3 cm³/mol. The van der Waals surface area contributed by atoms with Crippen LogP contribution in [0.3, 0.4) is 0 Å². The average Bonchev–Trinajstić information content (AvgIpc) is 3.32. The van der Waals surface area contributed by atoms with Crippen LogP contribution in [0.15, 0.2) is 29.4 Å². The van der Waals surface area contributed by atoms with Crippen LogP contribution >= 0.6 is 11.8 Å². The van der Waals surface area contributed by atoms with Crippen LogP contribution in [-0.4, -0.2) is 33.1 Å². The molecular formula is C15H18FN5OS. The number of aromatic nitrogens is 3. The molecule has 122 valence electrons. The second kappa shape index (κ2) is 6.57. The highest BCUT2D eigenvalue weighted by atomic mass is 32.2. The number of amides is 1. The van der Waals surface area contributed by atoms with E-state index < -0.39 is 0 Å². The lowest BCUT2D eigenvalue weighted by Crippen LogP contribution is -2.32. The molecule has 2 aromatic rings. The van der Waals surface area contributed by atoms with Crippen molar-refractivity contribution in [2.45, 2.75) is 30.8 Å². The maximum absolute atomic E-state index is 13.0. The number of hydrogen-bond donors (Lipinski definition) is 1. The van der Waals surface area contributed by atoms with Gasteiger partial charge in [0.2, 0.25) is 11.1 Å². The number of nitrogens with two attached hydrogens (primary N) is 1. The first kappa shape index (κ1) is 15.8. The van der Waals surface area contributed by atoms with Gasteiger partial charge in [0.25, 0.3) is 0 Å². The van der Waals surface area contributed by atoms with Crippen molar-refractivity contribution in [2.24, 2.45) is 0 Å². The van der Waals surface area contributed by atoms with E-state index in [1.165, 1.54) is 28.6 Å². The molecule has 0 bridgehead atoms. The van der Waals surface area contributed by atoms with E-state index in [9.17, 15) is 9.18 Å². The smallest absolute Gasteiger partial charge is 0.237 e. The number of hydrogen-bond acceptors (Lipinski definition) is 5. The van der Waals surface area contributed by atoms with E-state index in [1.807, 2.05) is 6.92 Å². The number of thioether (sulfide) groups is 1. The summed E-state index contributed by atoms with van der Waals surface area (Å²) >= 11 is 1.26. The molecule has 0 atom stereocenters. The number of benzene rings is 1. The van der Waals surface area contributed by atoms with E-state index in [2.05, 4.69) is 10.2 Å². The Bertz CT molecular complexity index is 698. The fourth-order valence-corrected chi connectivity index (χ4v) is 3.07. The van der Waals surface area contributed by atoms with Gasteiger partial charge in [-0.25, -0.2) is 9.07 Å². The summed E-state index contributed by atoms with van der Waals surface area (Å²) in [7, 11) is 0. The van der Waals surface area contributed by atoms with Gasteiger partial charge in [0, 0.05) is 18.2 Å². The molecule has 0 radical (unpaired) electrons. The molecule has 2 N–H and O–H groups in total. The first-order valence-corrected chi connectivity index (χ1v) is 8.47. The molecule has 0 spiro atoms. The van der Waals surface area contributed by atoms with Gasteiger partial charge in [0.1, 0.15) is 5.82 Å². The number of halogens is 1. The van der Waals surface area contributed by atoms with Gasteiger partial charge >= 0.3 is 0 Å². The van der Waals surface area contributed by atoms with Crippen LogP contribution < -0.4 is 10.7 Å². The maximum Gasteiger partial charge on any atom is 0.237 e. The number of carbonyl (C=O) groups is 1. The minimum Gasteiger partial charge on any atom is -0.336 e. The van der Waals surface area contributed by atoms with Crippen molar-refractivity contribution in [3.63, 3.8) is 0 Å². The Morgan fingerprint density at radius 3 is 2.70 bits per heavy atom. The van der Waals surface area contributed by atoms with E-state index in [0.29, 0.717) is 23.3 Å². The molecule has 1 fully saturated rings. The van der Waals surface area contributed by atoms with Gasteiger partial charge < -0.3 is 10.7 Å². The Balaban J connectivity index is 1.64. The Morgan fingerprint density at radius 2 is 2.09 bits per heavy atom. The quantitative estimate of drug-likeness (QED) is 0.646. The molecule has 1 aliphatic carbocycles. The van der Waals surface area contributed by atoms with Crippen LogP contribution in [0.25, 0.3) is 0 Å². The zero-order valence-electron chi connectivity index (χ0n) is 12.8. The Morgan fingerprint density at radius 1 is 1.39 bits per heavy atom. The molecule has 23 heavy (non-hydrogen) atoms. The van der Waals surface area contributed by atoms with Crippen molar-refractivity contribution in [3.05, 3.63) is 35.9 Å². The number of nitrogens with zero attached hydrogens (tertiary/aromatic N) is 4. The summed E-state index contributed by atoms with van der Waals surface area (Å²) in [6.07, 6.45) is 2.18. The van der Waals surface area contributed by atoms with Gasteiger partial charge in [0.05, 0.1) is 5.75 Å². The largest absolute Gasteiger partial charge is 0.336 e. The van der Waals surface area contributed by atoms with Crippen molar-refractivity contribution >= 4 is 23.4 Å². The molecule has 6 nitrogen and oxygen atoms in total. The average molecular weight is 335 g/mol. The summed E-state index contributed by atoms with van der Waals surface area (Å²) in [6, 6.07) is 5.88. The van der Waals surface area contributed by atoms with Crippen LogP contribution in [0.2, 0.25) is 0 Å². The van der Waals surface area contributed by atoms with Crippen molar-refractivity contribution in [3.8, 4) is 0 Å². The fourth-order valence-electron chi connectivity index (χ4n) is 2.33. The van der Waals surface area contributed by atoms with Crippen LogP contribution in [0.4, 0.5) is 10.1 Å². The summed E-state index contributed by atoms with van der Waals surface area (Å²) in [5.74, 6) is 6.95. The third kappa shape index (κ3) is 3.47. The van der Waals surface area contributed by atoms with E-state index >= 15 is 0 Å². The molecule has 0 saturated heterocycles. The highest BCUT2D eigenvalue weighted by Crippen LogP contribution is 2.39. The third-order valence-electron chi connectivity index (χ3n) is 3.71. The number of anilines is 1. The van der Waals surface area contributed by atoms with E-state index in [0.717, 1.165) is 18.7 Å². The summed E-state index contributed by atoms with van der Waals surface area (Å²) < 4.78 is 14.5. The Labute approximate surface area is 137 Å².